The first kappa shape index (κ1) is 17.3. The second-order valence-corrected chi connectivity index (χ2v) is 7.04. The molecule has 4 rings (SSSR count). The zero-order chi connectivity index (χ0) is 18.8. The van der Waals surface area contributed by atoms with Gasteiger partial charge >= 0.3 is 0 Å². The van der Waals surface area contributed by atoms with Gasteiger partial charge in [0.05, 0.1) is 11.9 Å². The zero-order valence-corrected chi connectivity index (χ0v) is 15.7. The van der Waals surface area contributed by atoms with Crippen LogP contribution >= 0.6 is 0 Å². The van der Waals surface area contributed by atoms with Gasteiger partial charge in [-0.1, -0.05) is 18.2 Å². The highest BCUT2D eigenvalue weighted by atomic mass is 16.2. The van der Waals surface area contributed by atoms with Gasteiger partial charge in [0, 0.05) is 58.1 Å². The molecular formula is C20H24N6O. The Balaban J connectivity index is 1.39. The van der Waals surface area contributed by atoms with Crippen molar-refractivity contribution in [1.29, 1.82) is 0 Å². The molecule has 3 aromatic rings. The third-order valence-electron chi connectivity index (χ3n) is 5.09. The average Bonchev–Trinajstić information content (AvgIpc) is 3.11. The van der Waals surface area contributed by atoms with Gasteiger partial charge in [-0.3, -0.25) is 4.79 Å². The first-order chi connectivity index (χ1) is 13.1. The summed E-state index contributed by atoms with van der Waals surface area (Å²) in [6.07, 6.45) is 3.74. The van der Waals surface area contributed by atoms with Crippen molar-refractivity contribution in [1.82, 2.24) is 19.7 Å². The average molecular weight is 364 g/mol. The molecule has 0 N–H and O–H groups in total. The second kappa shape index (κ2) is 7.26. The lowest BCUT2D eigenvalue weighted by molar-refractivity contribution is -0.132. The van der Waals surface area contributed by atoms with Crippen molar-refractivity contribution < 1.29 is 4.79 Å². The van der Waals surface area contributed by atoms with Gasteiger partial charge in [0.15, 0.2) is 5.82 Å². The minimum atomic E-state index is 0.157. The fraction of sp³-hybridized carbons (Fsp3) is 0.350. The minimum Gasteiger partial charge on any atom is -0.376 e. The number of piperazine rings is 1. The number of carbonyl (C=O) groups excluding carboxylic acids is 1. The summed E-state index contributed by atoms with van der Waals surface area (Å²) >= 11 is 0. The van der Waals surface area contributed by atoms with Crippen LogP contribution in [0.5, 0.6) is 0 Å². The van der Waals surface area contributed by atoms with Crippen molar-refractivity contribution in [2.75, 3.05) is 50.1 Å². The maximum atomic E-state index is 12.7. The molecule has 2 aromatic heterocycles. The first-order valence-corrected chi connectivity index (χ1v) is 9.18. The summed E-state index contributed by atoms with van der Waals surface area (Å²) in [6, 6.07) is 12.2. The molecule has 0 atom stereocenters. The highest BCUT2D eigenvalue weighted by molar-refractivity contribution is 5.83. The number of hydrogen-bond acceptors (Lipinski definition) is 5. The van der Waals surface area contributed by atoms with Crippen molar-refractivity contribution in [2.45, 2.75) is 6.54 Å². The van der Waals surface area contributed by atoms with E-state index in [0.29, 0.717) is 19.6 Å². The molecule has 0 spiro atoms. The Kier molecular flexibility index (Phi) is 4.66. The number of anilines is 2. The lowest BCUT2D eigenvalue weighted by Gasteiger charge is -2.35. The number of amides is 1. The molecule has 7 heteroatoms. The fourth-order valence-electron chi connectivity index (χ4n) is 3.45. The number of nitrogens with zero attached hydrogens (tertiary/aromatic N) is 6. The van der Waals surface area contributed by atoms with Crippen LogP contribution in [0.15, 0.2) is 48.8 Å². The van der Waals surface area contributed by atoms with Crippen LogP contribution in [0.3, 0.4) is 0 Å². The predicted octanol–water partition coefficient (Wildman–Crippen LogP) is 1.85. The van der Waals surface area contributed by atoms with E-state index in [4.69, 9.17) is 0 Å². The van der Waals surface area contributed by atoms with Gasteiger partial charge in [0.25, 0.3) is 0 Å². The van der Waals surface area contributed by atoms with Crippen LogP contribution < -0.4 is 9.80 Å². The standard InChI is InChI=1S/C20H24N6O/c1-23(2)17-13-19(22-21-14-17)24-9-11-25(12-10-24)20(27)15-26-8-7-16-5-3-4-6-18(16)26/h3-8,13-14H,9-12,15H2,1-2H3. The number of fused-ring (bicyclic) bond motifs is 1. The van der Waals surface area contributed by atoms with Crippen molar-refractivity contribution in [3.8, 4) is 0 Å². The predicted molar refractivity (Wildman–Crippen MR) is 107 cm³/mol. The van der Waals surface area contributed by atoms with Gasteiger partial charge in [0.2, 0.25) is 5.91 Å². The molecule has 1 aliphatic rings. The van der Waals surface area contributed by atoms with Gasteiger partial charge < -0.3 is 19.3 Å². The molecule has 0 bridgehead atoms. The third kappa shape index (κ3) is 3.58. The first-order valence-electron chi connectivity index (χ1n) is 9.18. The van der Waals surface area contributed by atoms with Crippen LogP contribution in [0.1, 0.15) is 0 Å². The second-order valence-electron chi connectivity index (χ2n) is 7.04. The summed E-state index contributed by atoms with van der Waals surface area (Å²) in [4.78, 5) is 18.9. The summed E-state index contributed by atoms with van der Waals surface area (Å²) in [5.41, 5.74) is 2.12. The number of benzene rings is 1. The van der Waals surface area contributed by atoms with Crippen LogP contribution in [-0.4, -0.2) is 65.8 Å². The maximum Gasteiger partial charge on any atom is 0.242 e. The van der Waals surface area contributed by atoms with Gasteiger partial charge in [-0.25, -0.2) is 0 Å². The molecule has 0 aliphatic carbocycles. The van der Waals surface area contributed by atoms with Crippen LogP contribution in [0.2, 0.25) is 0 Å². The Morgan fingerprint density at radius 3 is 2.67 bits per heavy atom. The van der Waals surface area contributed by atoms with Crippen molar-refractivity contribution >= 4 is 28.3 Å². The largest absolute Gasteiger partial charge is 0.376 e. The number of para-hydroxylation sites is 1. The Hall–Kier alpha value is -3.09. The summed E-state index contributed by atoms with van der Waals surface area (Å²) in [6.45, 7) is 3.31. The molecule has 0 radical (unpaired) electrons. The van der Waals surface area contributed by atoms with E-state index >= 15 is 0 Å². The summed E-state index contributed by atoms with van der Waals surface area (Å²) in [5, 5.41) is 9.51. The van der Waals surface area contributed by atoms with Crippen LogP contribution in [-0.2, 0) is 11.3 Å². The van der Waals surface area contributed by atoms with Crippen molar-refractivity contribution in [2.24, 2.45) is 0 Å². The van der Waals surface area contributed by atoms with Crippen molar-refractivity contribution in [3.63, 3.8) is 0 Å². The van der Waals surface area contributed by atoms with E-state index in [9.17, 15) is 4.79 Å². The van der Waals surface area contributed by atoms with Gasteiger partial charge in [0.1, 0.15) is 6.54 Å². The minimum absolute atomic E-state index is 0.157. The molecule has 1 aliphatic heterocycles. The Morgan fingerprint density at radius 2 is 1.89 bits per heavy atom. The molecule has 1 aromatic carbocycles. The Bertz CT molecular complexity index is 942. The molecule has 140 valence electrons. The molecule has 1 fully saturated rings. The lowest BCUT2D eigenvalue weighted by Crippen LogP contribution is -2.49. The lowest BCUT2D eigenvalue weighted by atomic mass is 10.2. The normalized spacial score (nSPS) is 14.6. The van der Waals surface area contributed by atoms with Crippen LogP contribution in [0.4, 0.5) is 11.5 Å². The highest BCUT2D eigenvalue weighted by Crippen LogP contribution is 2.19. The Labute approximate surface area is 158 Å². The number of rotatable bonds is 4. The van der Waals surface area contributed by atoms with Gasteiger partial charge in [-0.2, -0.15) is 5.10 Å². The zero-order valence-electron chi connectivity index (χ0n) is 15.7. The maximum absolute atomic E-state index is 12.7. The van der Waals surface area contributed by atoms with Crippen LogP contribution in [0.25, 0.3) is 10.9 Å². The fourth-order valence-corrected chi connectivity index (χ4v) is 3.45. The SMILES string of the molecule is CN(C)c1cnnc(N2CCN(C(=O)Cn3ccc4ccccc43)CC2)c1. The van der Waals surface area contributed by atoms with E-state index in [1.807, 2.05) is 52.9 Å². The smallest absolute Gasteiger partial charge is 0.242 e. The molecule has 0 unspecified atom stereocenters. The van der Waals surface area contributed by atoms with E-state index < -0.39 is 0 Å². The highest BCUT2D eigenvalue weighted by Gasteiger charge is 2.22. The quantitative estimate of drug-likeness (QED) is 0.707. The molecule has 7 nitrogen and oxygen atoms in total. The van der Waals surface area contributed by atoms with Crippen LogP contribution in [0, 0.1) is 0 Å². The monoisotopic (exact) mass is 364 g/mol. The molecule has 3 heterocycles. The van der Waals surface area contributed by atoms with Crippen molar-refractivity contribution in [3.05, 3.63) is 48.8 Å². The van der Waals surface area contributed by atoms with Gasteiger partial charge in [-0.05, 0) is 17.5 Å². The Morgan fingerprint density at radius 1 is 1.11 bits per heavy atom. The van der Waals surface area contributed by atoms with E-state index in [0.717, 1.165) is 35.5 Å². The number of hydrogen-bond donors (Lipinski definition) is 0. The molecule has 1 saturated heterocycles. The van der Waals surface area contributed by atoms with E-state index in [-0.39, 0.29) is 5.91 Å². The number of carbonyl (C=O) groups is 1. The summed E-state index contributed by atoms with van der Waals surface area (Å²) < 4.78 is 2.02. The summed E-state index contributed by atoms with van der Waals surface area (Å²) in [7, 11) is 3.98. The summed E-state index contributed by atoms with van der Waals surface area (Å²) in [5.74, 6) is 1.02. The van der Waals surface area contributed by atoms with E-state index in [1.54, 1.807) is 6.20 Å². The van der Waals surface area contributed by atoms with E-state index in [1.165, 1.54) is 0 Å². The molecule has 0 saturated carbocycles. The van der Waals surface area contributed by atoms with Gasteiger partial charge in [-0.15, -0.1) is 5.10 Å². The third-order valence-corrected chi connectivity index (χ3v) is 5.09. The molecule has 1 amide bonds. The number of aromatic nitrogens is 3. The molecular weight excluding hydrogens is 340 g/mol. The van der Waals surface area contributed by atoms with E-state index in [2.05, 4.69) is 33.3 Å². The topological polar surface area (TPSA) is 57.5 Å². The molecule has 27 heavy (non-hydrogen) atoms.